The van der Waals surface area contributed by atoms with E-state index in [1.54, 1.807) is 19.2 Å². The molecule has 0 saturated carbocycles. The van der Waals surface area contributed by atoms with E-state index in [0.717, 1.165) is 4.47 Å². The number of benzene rings is 1. The summed E-state index contributed by atoms with van der Waals surface area (Å²) in [4.78, 5) is 0. The Morgan fingerprint density at radius 3 is 2.00 bits per heavy atom. The molecule has 0 fully saturated rings. The monoisotopic (exact) mass is 246 g/mol. The molecule has 4 heteroatoms. The van der Waals surface area contributed by atoms with E-state index in [-0.39, 0.29) is 13.2 Å². The van der Waals surface area contributed by atoms with Crippen molar-refractivity contribution < 1.29 is 14.9 Å². The van der Waals surface area contributed by atoms with Crippen LogP contribution in [0.1, 0.15) is 11.1 Å². The molecule has 72 valence electrons. The summed E-state index contributed by atoms with van der Waals surface area (Å²) in [5.41, 5.74) is 1.42. The van der Waals surface area contributed by atoms with Crippen molar-refractivity contribution in [2.24, 2.45) is 0 Å². The average Bonchev–Trinajstić information content (AvgIpc) is 2.18. The van der Waals surface area contributed by atoms with Gasteiger partial charge in [-0.1, -0.05) is 15.9 Å². The SMILES string of the molecule is COc1cc(CO)c(Br)c(CO)c1. The summed E-state index contributed by atoms with van der Waals surface area (Å²) in [7, 11) is 1.55. The zero-order chi connectivity index (χ0) is 9.84. The van der Waals surface area contributed by atoms with E-state index in [2.05, 4.69) is 15.9 Å². The van der Waals surface area contributed by atoms with Gasteiger partial charge in [0.05, 0.1) is 20.3 Å². The van der Waals surface area contributed by atoms with Crippen LogP contribution in [-0.4, -0.2) is 17.3 Å². The van der Waals surface area contributed by atoms with Crippen molar-refractivity contribution in [3.05, 3.63) is 27.7 Å². The molecule has 1 rings (SSSR count). The minimum absolute atomic E-state index is 0.0786. The molecule has 0 aromatic heterocycles. The first kappa shape index (κ1) is 10.5. The van der Waals surface area contributed by atoms with Crippen molar-refractivity contribution >= 4 is 15.9 Å². The number of ether oxygens (including phenoxy) is 1. The molecule has 2 N–H and O–H groups in total. The van der Waals surface area contributed by atoms with E-state index >= 15 is 0 Å². The lowest BCUT2D eigenvalue weighted by molar-refractivity contribution is 0.272. The smallest absolute Gasteiger partial charge is 0.119 e. The first-order valence-corrected chi connectivity index (χ1v) is 4.59. The van der Waals surface area contributed by atoms with Crippen LogP contribution in [0.2, 0.25) is 0 Å². The fraction of sp³-hybridized carbons (Fsp3) is 0.333. The predicted molar refractivity (Wildman–Crippen MR) is 52.5 cm³/mol. The van der Waals surface area contributed by atoms with Gasteiger partial charge < -0.3 is 14.9 Å². The molecule has 0 aliphatic carbocycles. The summed E-state index contributed by atoms with van der Waals surface area (Å²) in [6.45, 7) is -0.157. The molecule has 0 atom stereocenters. The molecule has 0 aliphatic rings. The summed E-state index contributed by atoms with van der Waals surface area (Å²) in [5.74, 6) is 0.635. The van der Waals surface area contributed by atoms with Crippen LogP contribution in [-0.2, 0) is 13.2 Å². The van der Waals surface area contributed by atoms with Crippen LogP contribution in [0.4, 0.5) is 0 Å². The Hall–Kier alpha value is -0.580. The van der Waals surface area contributed by atoms with Gasteiger partial charge in [-0.15, -0.1) is 0 Å². The minimum atomic E-state index is -0.0786. The quantitative estimate of drug-likeness (QED) is 0.849. The molecule has 0 amide bonds. The molecule has 1 aromatic rings. The van der Waals surface area contributed by atoms with Gasteiger partial charge in [0, 0.05) is 4.47 Å². The zero-order valence-corrected chi connectivity index (χ0v) is 8.84. The second-order valence-electron chi connectivity index (χ2n) is 2.58. The Labute approximate surface area is 85.1 Å². The van der Waals surface area contributed by atoms with Gasteiger partial charge in [-0.05, 0) is 23.3 Å². The fourth-order valence-corrected chi connectivity index (χ4v) is 1.55. The van der Waals surface area contributed by atoms with Crippen molar-refractivity contribution in [1.82, 2.24) is 0 Å². The number of rotatable bonds is 3. The molecule has 3 nitrogen and oxygen atoms in total. The molecule has 0 unspecified atom stereocenters. The maximum absolute atomic E-state index is 8.99. The van der Waals surface area contributed by atoms with E-state index in [4.69, 9.17) is 14.9 Å². The second kappa shape index (κ2) is 4.60. The first-order valence-electron chi connectivity index (χ1n) is 3.80. The van der Waals surface area contributed by atoms with Gasteiger partial charge in [0.2, 0.25) is 0 Å². The number of aliphatic hydroxyl groups is 2. The third-order valence-corrected chi connectivity index (χ3v) is 2.79. The van der Waals surface area contributed by atoms with Crippen LogP contribution >= 0.6 is 15.9 Å². The van der Waals surface area contributed by atoms with Crippen LogP contribution in [0.25, 0.3) is 0 Å². The summed E-state index contributed by atoms with van der Waals surface area (Å²) in [6, 6.07) is 3.45. The molecule has 1 aromatic carbocycles. The van der Waals surface area contributed by atoms with Crippen molar-refractivity contribution in [1.29, 1.82) is 0 Å². The van der Waals surface area contributed by atoms with E-state index in [9.17, 15) is 0 Å². The van der Waals surface area contributed by atoms with Gasteiger partial charge in [-0.2, -0.15) is 0 Å². The Bertz CT molecular complexity index is 274. The molecule has 0 radical (unpaired) electrons. The molecule has 0 bridgehead atoms. The molecule has 0 spiro atoms. The number of hydrogen-bond donors (Lipinski definition) is 2. The topological polar surface area (TPSA) is 49.7 Å². The van der Waals surface area contributed by atoms with E-state index in [0.29, 0.717) is 16.9 Å². The van der Waals surface area contributed by atoms with E-state index in [1.165, 1.54) is 0 Å². The Kier molecular flexibility index (Phi) is 3.71. The van der Waals surface area contributed by atoms with Crippen molar-refractivity contribution in [3.8, 4) is 5.75 Å². The lowest BCUT2D eigenvalue weighted by atomic mass is 10.1. The highest BCUT2D eigenvalue weighted by molar-refractivity contribution is 9.10. The molecular formula is C9H11BrO3. The predicted octanol–water partition coefficient (Wildman–Crippen LogP) is 1.44. The highest BCUT2D eigenvalue weighted by atomic mass is 79.9. The van der Waals surface area contributed by atoms with Crippen LogP contribution < -0.4 is 4.74 Å². The van der Waals surface area contributed by atoms with Gasteiger partial charge in [-0.3, -0.25) is 0 Å². The first-order chi connectivity index (χ1) is 6.22. The number of methoxy groups -OCH3 is 1. The van der Waals surface area contributed by atoms with Gasteiger partial charge in [-0.25, -0.2) is 0 Å². The maximum atomic E-state index is 8.99. The van der Waals surface area contributed by atoms with Gasteiger partial charge in [0.25, 0.3) is 0 Å². The maximum Gasteiger partial charge on any atom is 0.119 e. The third-order valence-electron chi connectivity index (χ3n) is 1.77. The van der Waals surface area contributed by atoms with E-state index < -0.39 is 0 Å². The normalized spacial score (nSPS) is 10.2. The number of halogens is 1. The summed E-state index contributed by atoms with van der Waals surface area (Å²) < 4.78 is 5.75. The van der Waals surface area contributed by atoms with Crippen LogP contribution in [0.15, 0.2) is 16.6 Å². The number of aliphatic hydroxyl groups excluding tert-OH is 2. The zero-order valence-electron chi connectivity index (χ0n) is 7.25. The van der Waals surface area contributed by atoms with Crippen LogP contribution in [0.5, 0.6) is 5.75 Å². The highest BCUT2D eigenvalue weighted by Gasteiger charge is 2.07. The standard InChI is InChI=1S/C9H11BrO3/c1-13-8-2-6(4-11)9(10)7(3-8)5-12/h2-3,11-12H,4-5H2,1H3. The van der Waals surface area contributed by atoms with E-state index in [1.807, 2.05) is 0 Å². The Balaban J connectivity index is 3.20. The lowest BCUT2D eigenvalue weighted by Gasteiger charge is -2.09. The van der Waals surface area contributed by atoms with Gasteiger partial charge in [0.15, 0.2) is 0 Å². The number of hydrogen-bond acceptors (Lipinski definition) is 3. The second-order valence-corrected chi connectivity index (χ2v) is 3.37. The summed E-state index contributed by atoms with van der Waals surface area (Å²) in [5, 5.41) is 18.0. The molecule has 13 heavy (non-hydrogen) atoms. The summed E-state index contributed by atoms with van der Waals surface area (Å²) in [6.07, 6.45) is 0. The van der Waals surface area contributed by atoms with Crippen molar-refractivity contribution in [2.75, 3.05) is 7.11 Å². The molecular weight excluding hydrogens is 236 g/mol. The molecule has 0 heterocycles. The van der Waals surface area contributed by atoms with Crippen LogP contribution in [0.3, 0.4) is 0 Å². The largest absolute Gasteiger partial charge is 0.497 e. The van der Waals surface area contributed by atoms with Crippen molar-refractivity contribution in [2.45, 2.75) is 13.2 Å². The Morgan fingerprint density at radius 2 is 1.69 bits per heavy atom. The summed E-state index contributed by atoms with van der Waals surface area (Å²) >= 11 is 3.29. The van der Waals surface area contributed by atoms with Crippen LogP contribution in [0, 0.1) is 0 Å². The average molecular weight is 247 g/mol. The van der Waals surface area contributed by atoms with Gasteiger partial charge in [0.1, 0.15) is 5.75 Å². The lowest BCUT2D eigenvalue weighted by Crippen LogP contribution is -1.95. The van der Waals surface area contributed by atoms with Gasteiger partial charge >= 0.3 is 0 Å². The highest BCUT2D eigenvalue weighted by Crippen LogP contribution is 2.27. The Morgan fingerprint density at radius 1 is 1.23 bits per heavy atom. The molecule has 0 aliphatic heterocycles. The van der Waals surface area contributed by atoms with Crippen molar-refractivity contribution in [3.63, 3.8) is 0 Å². The minimum Gasteiger partial charge on any atom is -0.497 e. The third kappa shape index (κ3) is 2.21. The molecule has 0 saturated heterocycles. The fourth-order valence-electron chi connectivity index (χ4n) is 1.07.